The van der Waals surface area contributed by atoms with Crippen molar-refractivity contribution in [1.82, 2.24) is 19.4 Å². The van der Waals surface area contributed by atoms with Gasteiger partial charge in [0.2, 0.25) is 5.91 Å². The van der Waals surface area contributed by atoms with Crippen LogP contribution < -0.4 is 0 Å². The normalized spacial score (nSPS) is 17.4. The van der Waals surface area contributed by atoms with Crippen LogP contribution in [0.15, 0.2) is 30.5 Å². The largest absolute Gasteiger partial charge is 0.416 e. The minimum absolute atomic E-state index is 0.0224. The van der Waals surface area contributed by atoms with Crippen molar-refractivity contribution in [2.45, 2.75) is 31.8 Å². The maximum absolute atomic E-state index is 12.7. The fourth-order valence-electron chi connectivity index (χ4n) is 3.56. The monoisotopic (exact) mass is 475 g/mol. The number of β-amino-alcohol motifs (C(OH)–C–C–N with tert-alkyl or cyclic N) is 1. The third-order valence-electron chi connectivity index (χ3n) is 5.03. The van der Waals surface area contributed by atoms with Crippen molar-refractivity contribution in [3.8, 4) is 0 Å². The number of aliphatic hydroxyl groups is 1. The summed E-state index contributed by atoms with van der Waals surface area (Å²) in [7, 11) is 0. The van der Waals surface area contributed by atoms with Crippen LogP contribution in [-0.2, 0) is 24.1 Å². The minimum Gasteiger partial charge on any atom is -0.387 e. The highest BCUT2D eigenvalue weighted by Crippen LogP contribution is 2.29. The molecule has 0 aliphatic carbocycles. The van der Waals surface area contributed by atoms with Crippen molar-refractivity contribution in [2.24, 2.45) is 0 Å². The SMILES string of the molecule is CC(O)(CN1CCN(Cc2ccc(C(F)(F)F)cc2)C(=O)C1)Cn1cc([N+](=O)[O-])nc1Cl. The second-order valence-corrected chi connectivity index (χ2v) is 8.31. The number of hydrogen-bond acceptors (Lipinski definition) is 6. The molecule has 1 aliphatic heterocycles. The Morgan fingerprint density at radius 2 is 1.88 bits per heavy atom. The molecule has 1 amide bonds. The van der Waals surface area contributed by atoms with E-state index in [1.165, 1.54) is 23.6 Å². The average Bonchev–Trinajstić information content (AvgIpc) is 3.03. The number of halogens is 4. The first-order chi connectivity index (χ1) is 14.8. The molecule has 13 heteroatoms. The number of piperazine rings is 1. The van der Waals surface area contributed by atoms with Crippen LogP contribution in [0.3, 0.4) is 0 Å². The first kappa shape index (κ1) is 24.0. The van der Waals surface area contributed by atoms with E-state index in [0.717, 1.165) is 18.3 Å². The fourth-order valence-corrected chi connectivity index (χ4v) is 3.75. The van der Waals surface area contributed by atoms with Crippen LogP contribution in [0.4, 0.5) is 19.0 Å². The maximum atomic E-state index is 12.7. The van der Waals surface area contributed by atoms with Crippen LogP contribution in [0.1, 0.15) is 18.1 Å². The lowest BCUT2D eigenvalue weighted by atomic mass is 10.1. The number of benzene rings is 1. The standard InChI is InChI=1S/C19H21ClF3N5O4/c1-18(30,12-27-9-15(28(31)32)24-17(27)20)11-25-6-7-26(16(29)10-25)8-13-2-4-14(5-3-13)19(21,22)23/h2-5,9,30H,6-8,10-12H2,1H3. The van der Waals surface area contributed by atoms with Crippen molar-refractivity contribution in [2.75, 3.05) is 26.2 Å². The van der Waals surface area contributed by atoms with Gasteiger partial charge in [-0.15, -0.1) is 0 Å². The van der Waals surface area contributed by atoms with Gasteiger partial charge in [-0.1, -0.05) is 12.1 Å². The Balaban J connectivity index is 1.55. The van der Waals surface area contributed by atoms with E-state index in [0.29, 0.717) is 18.7 Å². The first-order valence-electron chi connectivity index (χ1n) is 9.60. The van der Waals surface area contributed by atoms with Crippen LogP contribution in [-0.4, -0.2) is 67.1 Å². The second kappa shape index (κ2) is 9.04. The van der Waals surface area contributed by atoms with Gasteiger partial charge in [0.15, 0.2) is 0 Å². The molecular weight excluding hydrogens is 455 g/mol. The highest BCUT2D eigenvalue weighted by atomic mass is 35.5. The smallest absolute Gasteiger partial charge is 0.387 e. The third kappa shape index (κ3) is 5.96. The molecule has 2 aromatic rings. The third-order valence-corrected chi connectivity index (χ3v) is 5.33. The average molecular weight is 476 g/mol. The minimum atomic E-state index is -4.41. The Morgan fingerprint density at radius 3 is 2.41 bits per heavy atom. The van der Waals surface area contributed by atoms with E-state index in [-0.39, 0.29) is 37.4 Å². The summed E-state index contributed by atoms with van der Waals surface area (Å²) < 4.78 is 39.3. The van der Waals surface area contributed by atoms with Crippen molar-refractivity contribution in [1.29, 1.82) is 0 Å². The molecule has 1 fully saturated rings. The summed E-state index contributed by atoms with van der Waals surface area (Å²) in [6.07, 6.45) is -3.28. The van der Waals surface area contributed by atoms with Crippen LogP contribution in [0, 0.1) is 10.1 Å². The molecule has 0 saturated carbocycles. The summed E-state index contributed by atoms with van der Waals surface area (Å²) in [5.41, 5.74) is -1.51. The van der Waals surface area contributed by atoms with Crippen LogP contribution >= 0.6 is 11.6 Å². The first-order valence-corrected chi connectivity index (χ1v) is 9.97. The van der Waals surface area contributed by atoms with E-state index in [1.54, 1.807) is 9.80 Å². The highest BCUT2D eigenvalue weighted by Gasteiger charge is 2.33. The second-order valence-electron chi connectivity index (χ2n) is 7.97. The number of aromatic nitrogens is 2. The van der Waals surface area contributed by atoms with E-state index in [2.05, 4.69) is 4.98 Å². The number of carbonyl (C=O) groups is 1. The summed E-state index contributed by atoms with van der Waals surface area (Å²) in [5, 5.41) is 21.4. The van der Waals surface area contributed by atoms with Gasteiger partial charge in [0.25, 0.3) is 0 Å². The van der Waals surface area contributed by atoms with E-state index in [1.807, 2.05) is 0 Å². The molecule has 32 heavy (non-hydrogen) atoms. The van der Waals surface area contributed by atoms with Gasteiger partial charge in [-0.05, 0) is 46.1 Å². The predicted molar refractivity (Wildman–Crippen MR) is 108 cm³/mol. The van der Waals surface area contributed by atoms with E-state index >= 15 is 0 Å². The molecule has 9 nitrogen and oxygen atoms in total. The Hall–Kier alpha value is -2.70. The molecule has 1 aromatic heterocycles. The molecule has 0 spiro atoms. The van der Waals surface area contributed by atoms with Crippen molar-refractivity contribution in [3.05, 3.63) is 57.0 Å². The van der Waals surface area contributed by atoms with Crippen LogP contribution in [0.5, 0.6) is 0 Å². The lowest BCUT2D eigenvalue weighted by molar-refractivity contribution is -0.389. The number of imidazole rings is 1. The molecular formula is C19H21ClF3N5O4. The molecule has 1 unspecified atom stereocenters. The van der Waals surface area contributed by atoms with Gasteiger partial charge in [-0.3, -0.25) is 14.3 Å². The summed E-state index contributed by atoms with van der Waals surface area (Å²) >= 11 is 5.89. The zero-order valence-electron chi connectivity index (χ0n) is 17.0. The fraction of sp³-hybridized carbons (Fsp3) is 0.474. The number of hydrogen-bond donors (Lipinski definition) is 1. The van der Waals surface area contributed by atoms with Crippen LogP contribution in [0.2, 0.25) is 5.28 Å². The quantitative estimate of drug-likeness (QED) is 0.487. The van der Waals surface area contributed by atoms with Crippen molar-refractivity contribution in [3.63, 3.8) is 0 Å². The van der Waals surface area contributed by atoms with Gasteiger partial charge in [-0.25, -0.2) is 0 Å². The lowest BCUT2D eigenvalue weighted by Gasteiger charge is -2.38. The van der Waals surface area contributed by atoms with Gasteiger partial charge in [0, 0.05) is 26.2 Å². The summed E-state index contributed by atoms with van der Waals surface area (Å²) in [6, 6.07) is 4.67. The highest BCUT2D eigenvalue weighted by molar-refractivity contribution is 6.28. The van der Waals surface area contributed by atoms with E-state index in [9.17, 15) is 33.2 Å². The number of amides is 1. The van der Waals surface area contributed by atoms with Gasteiger partial charge < -0.3 is 20.1 Å². The molecule has 174 valence electrons. The predicted octanol–water partition coefficient (Wildman–Crippen LogP) is 2.56. The summed E-state index contributed by atoms with van der Waals surface area (Å²) in [4.78, 5) is 29.5. The van der Waals surface area contributed by atoms with Gasteiger partial charge >= 0.3 is 17.3 Å². The number of alkyl halides is 3. The number of rotatable bonds is 7. The Labute approximate surface area is 186 Å². The summed E-state index contributed by atoms with van der Waals surface area (Å²) in [5.74, 6) is -0.652. The lowest BCUT2D eigenvalue weighted by Crippen LogP contribution is -2.54. The molecule has 0 bridgehead atoms. The number of carbonyl (C=O) groups excluding carboxylic acids is 1. The zero-order chi connectivity index (χ0) is 23.7. The molecule has 1 atom stereocenters. The summed E-state index contributed by atoms with van der Waals surface area (Å²) in [6.45, 7) is 2.56. The molecule has 2 heterocycles. The van der Waals surface area contributed by atoms with Gasteiger partial charge in [-0.2, -0.15) is 13.2 Å². The van der Waals surface area contributed by atoms with Gasteiger partial charge in [0.05, 0.1) is 24.3 Å². The van der Waals surface area contributed by atoms with Crippen LogP contribution in [0.25, 0.3) is 0 Å². The molecule has 0 radical (unpaired) electrons. The van der Waals surface area contributed by atoms with Gasteiger partial charge in [0.1, 0.15) is 6.20 Å². The zero-order valence-corrected chi connectivity index (χ0v) is 17.8. The number of nitrogens with zero attached hydrogens (tertiary/aromatic N) is 5. The maximum Gasteiger partial charge on any atom is 0.416 e. The topological polar surface area (TPSA) is 105 Å². The number of nitro groups is 1. The molecule has 3 rings (SSSR count). The molecule has 1 aliphatic rings. The molecule has 1 saturated heterocycles. The molecule has 1 aromatic carbocycles. The Bertz CT molecular complexity index is 994. The Kier molecular flexibility index (Phi) is 6.77. The van der Waals surface area contributed by atoms with Crippen molar-refractivity contribution < 1.29 is 28.0 Å². The molecule has 1 N–H and O–H groups in total. The van der Waals surface area contributed by atoms with E-state index in [4.69, 9.17) is 11.6 Å². The Morgan fingerprint density at radius 1 is 1.22 bits per heavy atom. The van der Waals surface area contributed by atoms with E-state index < -0.39 is 28.1 Å². The van der Waals surface area contributed by atoms with Crippen molar-refractivity contribution >= 4 is 23.3 Å².